The van der Waals surface area contributed by atoms with Crippen molar-refractivity contribution in [3.63, 3.8) is 0 Å². The second kappa shape index (κ2) is 4.90. The first-order valence-corrected chi connectivity index (χ1v) is 6.11. The van der Waals surface area contributed by atoms with Crippen molar-refractivity contribution in [2.45, 2.75) is 52.6 Å². The summed E-state index contributed by atoms with van der Waals surface area (Å²) in [6.45, 7) is 6.81. The Hall–Kier alpha value is -1.24. The maximum Gasteiger partial charge on any atom is 0.430 e. The summed E-state index contributed by atoms with van der Waals surface area (Å²) in [6.07, 6.45) is -11.7. The van der Waals surface area contributed by atoms with Crippen molar-refractivity contribution in [2.75, 3.05) is 0 Å². The smallest absolute Gasteiger partial charge is 0.369 e. The summed E-state index contributed by atoms with van der Waals surface area (Å²) in [5.41, 5.74) is -5.18. The molecule has 0 bridgehead atoms. The van der Waals surface area contributed by atoms with Crippen molar-refractivity contribution in [3.05, 3.63) is 33.4 Å². The third-order valence-corrected chi connectivity index (χ3v) is 4.18. The van der Waals surface area contributed by atoms with Gasteiger partial charge in [0.15, 0.2) is 0 Å². The van der Waals surface area contributed by atoms with E-state index in [2.05, 4.69) is 0 Å². The fourth-order valence-electron chi connectivity index (χ4n) is 2.49. The Morgan fingerprint density at radius 1 is 0.571 bits per heavy atom. The van der Waals surface area contributed by atoms with Crippen LogP contribution in [0.25, 0.3) is 0 Å². The van der Waals surface area contributed by atoms with Crippen LogP contribution in [0.2, 0.25) is 0 Å². The van der Waals surface area contributed by atoms with Crippen molar-refractivity contribution >= 4 is 0 Å². The zero-order valence-electron chi connectivity index (χ0n) is 12.2. The lowest BCUT2D eigenvalue weighted by Crippen LogP contribution is -2.55. The Balaban J connectivity index is 3.96. The number of benzene rings is 1. The van der Waals surface area contributed by atoms with Gasteiger partial charge in [0.2, 0.25) is 0 Å². The Bertz CT molecular complexity index is 525. The van der Waals surface area contributed by atoms with Crippen molar-refractivity contribution in [1.29, 1.82) is 0 Å². The summed E-state index contributed by atoms with van der Waals surface area (Å²) in [4.78, 5) is 0. The molecular weight excluding hydrogens is 298 g/mol. The molecule has 120 valence electrons. The third kappa shape index (κ3) is 2.41. The molecule has 0 radical (unpaired) electrons. The van der Waals surface area contributed by atoms with Crippen LogP contribution in [-0.2, 0) is 5.60 Å². The normalized spacial score (nSPS) is 13.7. The number of hydrogen-bond donors (Lipinski definition) is 1. The molecule has 0 saturated carbocycles. The number of alkyl halides is 6. The van der Waals surface area contributed by atoms with Gasteiger partial charge in [-0.1, -0.05) is 0 Å². The van der Waals surface area contributed by atoms with E-state index in [1.54, 1.807) is 6.92 Å². The fourth-order valence-corrected chi connectivity index (χ4v) is 2.49. The number of rotatable bonds is 1. The van der Waals surface area contributed by atoms with Gasteiger partial charge in [-0.25, -0.2) is 0 Å². The number of aliphatic hydroxyl groups is 1. The minimum Gasteiger partial charge on any atom is -0.369 e. The average molecular weight is 314 g/mol. The van der Waals surface area contributed by atoms with Crippen molar-refractivity contribution in [1.82, 2.24) is 0 Å². The maximum absolute atomic E-state index is 13.0. The van der Waals surface area contributed by atoms with Gasteiger partial charge >= 0.3 is 12.4 Å². The topological polar surface area (TPSA) is 20.2 Å². The van der Waals surface area contributed by atoms with E-state index < -0.39 is 23.5 Å². The second-order valence-corrected chi connectivity index (χ2v) is 5.21. The van der Waals surface area contributed by atoms with E-state index in [0.717, 1.165) is 13.8 Å². The zero-order chi connectivity index (χ0) is 17.0. The van der Waals surface area contributed by atoms with Gasteiger partial charge in [0.05, 0.1) is 0 Å². The van der Waals surface area contributed by atoms with E-state index in [0.29, 0.717) is 16.7 Å². The van der Waals surface area contributed by atoms with Gasteiger partial charge in [-0.2, -0.15) is 26.3 Å². The molecule has 0 aliphatic carbocycles. The van der Waals surface area contributed by atoms with E-state index in [9.17, 15) is 31.4 Å². The highest BCUT2D eigenvalue weighted by molar-refractivity contribution is 5.52. The van der Waals surface area contributed by atoms with Crippen LogP contribution in [0, 0.1) is 34.6 Å². The van der Waals surface area contributed by atoms with Crippen LogP contribution in [0.4, 0.5) is 26.3 Å². The molecule has 0 aliphatic heterocycles. The van der Waals surface area contributed by atoms with E-state index >= 15 is 0 Å². The van der Waals surface area contributed by atoms with Gasteiger partial charge < -0.3 is 5.11 Å². The molecule has 0 aromatic heterocycles. The standard InChI is InChI=1S/C14H16F6O/c1-6-7(2)9(4)11(10(5)8(6)3)12(21,13(15,16)17)14(18,19)20/h21H,1-5H3. The molecule has 0 atom stereocenters. The minimum atomic E-state index is -5.87. The lowest BCUT2D eigenvalue weighted by molar-refractivity contribution is -0.376. The Labute approximate surface area is 118 Å². The lowest BCUT2D eigenvalue weighted by atomic mass is 9.80. The van der Waals surface area contributed by atoms with E-state index in [4.69, 9.17) is 0 Å². The predicted octanol–water partition coefficient (Wildman–Crippen LogP) is 4.54. The van der Waals surface area contributed by atoms with Crippen molar-refractivity contribution in [3.8, 4) is 0 Å². The van der Waals surface area contributed by atoms with Crippen LogP contribution in [0.5, 0.6) is 0 Å². The Kier molecular flexibility index (Phi) is 4.15. The SMILES string of the molecule is Cc1c(C)c(C)c(C(O)(C(F)(F)F)C(F)(F)F)c(C)c1C. The minimum absolute atomic E-state index is 0.201. The molecule has 1 nitrogen and oxygen atoms in total. The van der Waals surface area contributed by atoms with Gasteiger partial charge in [0.1, 0.15) is 0 Å². The highest BCUT2D eigenvalue weighted by Crippen LogP contribution is 2.52. The average Bonchev–Trinajstić information content (AvgIpc) is 2.31. The quantitative estimate of drug-likeness (QED) is 0.755. The van der Waals surface area contributed by atoms with E-state index in [-0.39, 0.29) is 11.1 Å². The molecular formula is C14H16F6O. The number of halogens is 6. The van der Waals surface area contributed by atoms with Crippen LogP contribution < -0.4 is 0 Å². The van der Waals surface area contributed by atoms with Crippen molar-refractivity contribution in [2.24, 2.45) is 0 Å². The maximum atomic E-state index is 13.0. The molecule has 0 spiro atoms. The monoisotopic (exact) mass is 314 g/mol. The van der Waals surface area contributed by atoms with Crippen molar-refractivity contribution < 1.29 is 31.4 Å². The molecule has 7 heteroatoms. The molecule has 0 fully saturated rings. The molecule has 0 heterocycles. The fraction of sp³-hybridized carbons (Fsp3) is 0.571. The highest BCUT2D eigenvalue weighted by Gasteiger charge is 2.72. The molecule has 0 aliphatic rings. The van der Waals surface area contributed by atoms with Crippen LogP contribution >= 0.6 is 0 Å². The van der Waals surface area contributed by atoms with Gasteiger partial charge in [-0.15, -0.1) is 0 Å². The Morgan fingerprint density at radius 2 is 0.810 bits per heavy atom. The summed E-state index contributed by atoms with van der Waals surface area (Å²) in [5, 5.41) is 9.61. The van der Waals surface area contributed by atoms with Gasteiger partial charge in [-0.3, -0.25) is 0 Å². The van der Waals surface area contributed by atoms with E-state index in [1.165, 1.54) is 13.8 Å². The third-order valence-electron chi connectivity index (χ3n) is 4.18. The molecule has 1 N–H and O–H groups in total. The van der Waals surface area contributed by atoms with Gasteiger partial charge in [-0.05, 0) is 62.4 Å². The molecule has 0 amide bonds. The highest BCUT2D eigenvalue weighted by atomic mass is 19.4. The van der Waals surface area contributed by atoms with Gasteiger partial charge in [0.25, 0.3) is 5.60 Å². The van der Waals surface area contributed by atoms with Gasteiger partial charge in [0, 0.05) is 5.56 Å². The number of hydrogen-bond acceptors (Lipinski definition) is 1. The zero-order valence-corrected chi connectivity index (χ0v) is 12.2. The summed E-state index contributed by atoms with van der Waals surface area (Å²) in [6, 6.07) is 0. The molecule has 0 unspecified atom stereocenters. The predicted molar refractivity (Wildman–Crippen MR) is 66.1 cm³/mol. The first-order valence-electron chi connectivity index (χ1n) is 6.11. The largest absolute Gasteiger partial charge is 0.430 e. The molecule has 1 rings (SSSR count). The summed E-state index contributed by atoms with van der Waals surface area (Å²) in [5.74, 6) is 0. The molecule has 1 aromatic carbocycles. The first kappa shape index (κ1) is 17.8. The Morgan fingerprint density at radius 3 is 1.05 bits per heavy atom. The molecule has 0 saturated heterocycles. The first-order chi connectivity index (χ1) is 9.18. The van der Waals surface area contributed by atoms with Crippen LogP contribution in [0.1, 0.15) is 33.4 Å². The molecule has 21 heavy (non-hydrogen) atoms. The second-order valence-electron chi connectivity index (χ2n) is 5.21. The summed E-state index contributed by atoms with van der Waals surface area (Å²) >= 11 is 0. The summed E-state index contributed by atoms with van der Waals surface area (Å²) < 4.78 is 78.2. The van der Waals surface area contributed by atoms with Crippen LogP contribution in [-0.4, -0.2) is 17.5 Å². The summed E-state index contributed by atoms with van der Waals surface area (Å²) in [7, 11) is 0. The lowest BCUT2D eigenvalue weighted by Gasteiger charge is -2.36. The molecule has 1 aromatic rings. The van der Waals surface area contributed by atoms with Crippen LogP contribution in [0.3, 0.4) is 0 Å². The van der Waals surface area contributed by atoms with Crippen LogP contribution in [0.15, 0.2) is 0 Å². The van der Waals surface area contributed by atoms with E-state index in [1.807, 2.05) is 0 Å².